The van der Waals surface area contributed by atoms with E-state index in [1.165, 1.54) is 5.56 Å². The highest BCUT2D eigenvalue weighted by Gasteiger charge is 2.04. The molecule has 1 rings (SSSR count). The molecular formula is C10H18N2O2. The molecule has 0 aliphatic heterocycles. The lowest BCUT2D eigenvalue weighted by Gasteiger charge is -2.19. The molecule has 0 atom stereocenters. The van der Waals surface area contributed by atoms with Crippen LogP contribution in [0.3, 0.4) is 0 Å². The molecule has 0 bridgehead atoms. The van der Waals surface area contributed by atoms with E-state index in [2.05, 4.69) is 9.88 Å². The number of nitrogens with one attached hydrogen (secondary N) is 1. The normalized spacial score (nSPS) is 11.1. The van der Waals surface area contributed by atoms with Crippen molar-refractivity contribution in [2.24, 2.45) is 0 Å². The predicted molar refractivity (Wildman–Crippen MR) is 55.0 cm³/mol. The lowest BCUT2D eigenvalue weighted by molar-refractivity contribution is 0.127. The maximum Gasteiger partial charge on any atom is 0.0589 e. The van der Waals surface area contributed by atoms with Crippen LogP contribution in [0.5, 0.6) is 0 Å². The zero-order valence-electron chi connectivity index (χ0n) is 8.57. The Morgan fingerprint density at radius 3 is 2.93 bits per heavy atom. The molecule has 0 saturated heterocycles. The molecule has 0 aliphatic rings. The third-order valence-corrected chi connectivity index (χ3v) is 2.10. The SMILES string of the molecule is COCCN(CCO)Cc1cc[nH]c1. The van der Waals surface area contributed by atoms with Gasteiger partial charge < -0.3 is 14.8 Å². The Kier molecular flexibility index (Phi) is 5.29. The molecule has 1 heterocycles. The zero-order chi connectivity index (χ0) is 10.2. The molecule has 0 radical (unpaired) electrons. The van der Waals surface area contributed by atoms with E-state index in [9.17, 15) is 0 Å². The van der Waals surface area contributed by atoms with Gasteiger partial charge in [0.2, 0.25) is 0 Å². The van der Waals surface area contributed by atoms with Gasteiger partial charge in [0.05, 0.1) is 13.2 Å². The van der Waals surface area contributed by atoms with E-state index in [1.807, 2.05) is 18.5 Å². The first-order valence-electron chi connectivity index (χ1n) is 4.80. The van der Waals surface area contributed by atoms with Crippen LogP contribution in [0.1, 0.15) is 5.56 Å². The molecule has 2 N–H and O–H groups in total. The number of H-pyrrole nitrogens is 1. The van der Waals surface area contributed by atoms with Crippen LogP contribution in [0, 0.1) is 0 Å². The molecule has 0 aliphatic carbocycles. The molecular weight excluding hydrogens is 180 g/mol. The van der Waals surface area contributed by atoms with Crippen molar-refractivity contribution in [2.45, 2.75) is 6.54 Å². The Labute approximate surface area is 84.5 Å². The van der Waals surface area contributed by atoms with Crippen molar-refractivity contribution < 1.29 is 9.84 Å². The topological polar surface area (TPSA) is 48.5 Å². The monoisotopic (exact) mass is 198 g/mol. The molecule has 0 aromatic carbocycles. The number of aromatic nitrogens is 1. The van der Waals surface area contributed by atoms with Gasteiger partial charge in [-0.05, 0) is 11.6 Å². The maximum absolute atomic E-state index is 8.87. The number of nitrogens with zero attached hydrogens (tertiary/aromatic N) is 1. The summed E-state index contributed by atoms with van der Waals surface area (Å²) < 4.78 is 5.01. The number of aliphatic hydroxyl groups is 1. The second kappa shape index (κ2) is 6.59. The first kappa shape index (κ1) is 11.2. The quantitative estimate of drug-likeness (QED) is 0.669. The molecule has 0 fully saturated rings. The summed E-state index contributed by atoms with van der Waals surface area (Å²) in [6, 6.07) is 2.04. The van der Waals surface area contributed by atoms with Gasteiger partial charge >= 0.3 is 0 Å². The second-order valence-electron chi connectivity index (χ2n) is 3.21. The molecule has 1 aromatic rings. The highest BCUT2D eigenvalue weighted by Crippen LogP contribution is 2.02. The van der Waals surface area contributed by atoms with E-state index in [-0.39, 0.29) is 6.61 Å². The summed E-state index contributed by atoms with van der Waals surface area (Å²) in [6.45, 7) is 3.28. The van der Waals surface area contributed by atoms with Crippen molar-refractivity contribution in [3.8, 4) is 0 Å². The van der Waals surface area contributed by atoms with Gasteiger partial charge in [-0.25, -0.2) is 0 Å². The largest absolute Gasteiger partial charge is 0.395 e. The Bertz CT molecular complexity index is 224. The second-order valence-corrected chi connectivity index (χ2v) is 3.21. The molecule has 0 spiro atoms. The number of methoxy groups -OCH3 is 1. The van der Waals surface area contributed by atoms with Gasteiger partial charge in [0.15, 0.2) is 0 Å². The fourth-order valence-corrected chi connectivity index (χ4v) is 1.35. The minimum Gasteiger partial charge on any atom is -0.395 e. The lowest BCUT2D eigenvalue weighted by atomic mass is 10.3. The average molecular weight is 198 g/mol. The predicted octanol–water partition coefficient (Wildman–Crippen LogP) is 0.455. The average Bonchev–Trinajstić information content (AvgIpc) is 2.67. The standard InChI is InChI=1S/C10H18N2O2/c1-14-7-5-12(4-6-13)9-10-2-3-11-8-10/h2-3,8,11,13H,4-7,9H2,1H3. The van der Waals surface area contributed by atoms with Gasteiger partial charge in [-0.2, -0.15) is 0 Å². The number of hydrogen-bond acceptors (Lipinski definition) is 3. The Balaban J connectivity index is 2.34. The third kappa shape index (κ3) is 3.91. The van der Waals surface area contributed by atoms with E-state index in [1.54, 1.807) is 7.11 Å². The summed E-state index contributed by atoms with van der Waals surface area (Å²) in [5.41, 5.74) is 1.23. The van der Waals surface area contributed by atoms with Gasteiger partial charge in [-0.15, -0.1) is 0 Å². The van der Waals surface area contributed by atoms with E-state index < -0.39 is 0 Å². The minimum atomic E-state index is 0.189. The van der Waals surface area contributed by atoms with Crippen LogP contribution >= 0.6 is 0 Å². The summed E-state index contributed by atoms with van der Waals surface area (Å²) in [5.74, 6) is 0. The number of rotatable bonds is 7. The van der Waals surface area contributed by atoms with Crippen molar-refractivity contribution in [3.05, 3.63) is 24.0 Å². The maximum atomic E-state index is 8.87. The van der Waals surface area contributed by atoms with Gasteiger partial charge in [0.1, 0.15) is 0 Å². The van der Waals surface area contributed by atoms with Crippen molar-refractivity contribution in [1.82, 2.24) is 9.88 Å². The first-order chi connectivity index (χ1) is 6.86. The number of aliphatic hydroxyl groups excluding tert-OH is 1. The van der Waals surface area contributed by atoms with Gasteiger partial charge in [-0.1, -0.05) is 0 Å². The molecule has 0 unspecified atom stereocenters. The highest BCUT2D eigenvalue weighted by molar-refractivity contribution is 5.07. The Morgan fingerprint density at radius 2 is 2.36 bits per heavy atom. The summed E-state index contributed by atoms with van der Waals surface area (Å²) in [5, 5.41) is 8.87. The highest BCUT2D eigenvalue weighted by atomic mass is 16.5. The van der Waals surface area contributed by atoms with Crippen LogP contribution in [0.15, 0.2) is 18.5 Å². The lowest BCUT2D eigenvalue weighted by Crippen LogP contribution is -2.29. The number of aromatic amines is 1. The number of ether oxygens (including phenoxy) is 1. The third-order valence-electron chi connectivity index (χ3n) is 2.10. The van der Waals surface area contributed by atoms with Crippen LogP contribution in [-0.4, -0.2) is 48.4 Å². The number of hydrogen-bond donors (Lipinski definition) is 2. The summed E-state index contributed by atoms with van der Waals surface area (Å²) in [4.78, 5) is 5.17. The van der Waals surface area contributed by atoms with E-state index in [4.69, 9.17) is 9.84 Å². The van der Waals surface area contributed by atoms with Gasteiger partial charge in [0.25, 0.3) is 0 Å². The Hall–Kier alpha value is -0.840. The van der Waals surface area contributed by atoms with E-state index in [0.717, 1.165) is 13.1 Å². The molecule has 0 saturated carbocycles. The fraction of sp³-hybridized carbons (Fsp3) is 0.600. The molecule has 80 valence electrons. The van der Waals surface area contributed by atoms with Crippen LogP contribution in [-0.2, 0) is 11.3 Å². The molecule has 0 amide bonds. The van der Waals surface area contributed by atoms with Gasteiger partial charge in [0, 0.05) is 39.1 Å². The van der Waals surface area contributed by atoms with Crippen LogP contribution in [0.2, 0.25) is 0 Å². The van der Waals surface area contributed by atoms with Crippen molar-refractivity contribution >= 4 is 0 Å². The van der Waals surface area contributed by atoms with Crippen LogP contribution in [0.4, 0.5) is 0 Å². The zero-order valence-corrected chi connectivity index (χ0v) is 8.57. The summed E-state index contributed by atoms with van der Waals surface area (Å²) in [7, 11) is 1.69. The fourth-order valence-electron chi connectivity index (χ4n) is 1.35. The van der Waals surface area contributed by atoms with E-state index in [0.29, 0.717) is 13.2 Å². The van der Waals surface area contributed by atoms with Crippen LogP contribution in [0.25, 0.3) is 0 Å². The van der Waals surface area contributed by atoms with Crippen molar-refractivity contribution in [3.63, 3.8) is 0 Å². The first-order valence-corrected chi connectivity index (χ1v) is 4.80. The molecule has 1 aromatic heterocycles. The Morgan fingerprint density at radius 1 is 1.50 bits per heavy atom. The molecule has 14 heavy (non-hydrogen) atoms. The smallest absolute Gasteiger partial charge is 0.0589 e. The minimum absolute atomic E-state index is 0.189. The van der Waals surface area contributed by atoms with Crippen LogP contribution < -0.4 is 0 Å². The van der Waals surface area contributed by atoms with Crippen molar-refractivity contribution in [2.75, 3.05) is 33.4 Å². The van der Waals surface area contributed by atoms with Gasteiger partial charge in [-0.3, -0.25) is 4.90 Å². The van der Waals surface area contributed by atoms with Crippen molar-refractivity contribution in [1.29, 1.82) is 0 Å². The summed E-state index contributed by atoms with van der Waals surface area (Å²) in [6.07, 6.45) is 3.87. The molecule has 4 heteroatoms. The molecule has 4 nitrogen and oxygen atoms in total. The van der Waals surface area contributed by atoms with E-state index >= 15 is 0 Å². The summed E-state index contributed by atoms with van der Waals surface area (Å²) >= 11 is 0.